The molecule has 0 bridgehead atoms. The number of rotatable bonds is 6. The maximum absolute atomic E-state index is 5.74. The fraction of sp³-hybridized carbons (Fsp3) is 0.615. The molecule has 1 aromatic heterocycles. The van der Waals surface area contributed by atoms with Crippen LogP contribution in [0.5, 0.6) is 5.88 Å². The first-order valence-electron chi connectivity index (χ1n) is 5.94. The summed E-state index contributed by atoms with van der Waals surface area (Å²) in [5.41, 5.74) is 6.77. The van der Waals surface area contributed by atoms with Crippen molar-refractivity contribution < 1.29 is 4.74 Å². The van der Waals surface area contributed by atoms with Gasteiger partial charge in [0.25, 0.3) is 0 Å². The van der Waals surface area contributed by atoms with Crippen LogP contribution in [-0.4, -0.2) is 11.6 Å². The van der Waals surface area contributed by atoms with Gasteiger partial charge in [-0.15, -0.1) is 0 Å². The predicted molar refractivity (Wildman–Crippen MR) is 66.4 cm³/mol. The summed E-state index contributed by atoms with van der Waals surface area (Å²) in [5, 5.41) is 0. The molecule has 0 amide bonds. The van der Waals surface area contributed by atoms with Crippen molar-refractivity contribution in [1.29, 1.82) is 0 Å². The van der Waals surface area contributed by atoms with Crippen LogP contribution in [0.3, 0.4) is 0 Å². The van der Waals surface area contributed by atoms with Crippen LogP contribution in [0.15, 0.2) is 18.3 Å². The van der Waals surface area contributed by atoms with Crippen molar-refractivity contribution in [2.24, 2.45) is 11.7 Å². The molecule has 16 heavy (non-hydrogen) atoms. The van der Waals surface area contributed by atoms with E-state index in [1.165, 1.54) is 6.42 Å². The lowest BCUT2D eigenvalue weighted by molar-refractivity contribution is 0.287. The van der Waals surface area contributed by atoms with Crippen LogP contribution in [0.25, 0.3) is 0 Å². The molecule has 1 rings (SSSR count). The van der Waals surface area contributed by atoms with E-state index in [1.54, 1.807) is 6.20 Å². The number of ether oxygens (including phenoxy) is 1. The average molecular weight is 222 g/mol. The standard InChI is InChI=1S/C13H22N2O/c1-10(2)5-4-8-16-13-7-6-12(9-15-13)11(3)14/h6-7,9-11H,4-5,8,14H2,1-3H3. The summed E-state index contributed by atoms with van der Waals surface area (Å²) in [4.78, 5) is 4.21. The zero-order chi connectivity index (χ0) is 12.0. The van der Waals surface area contributed by atoms with E-state index in [2.05, 4.69) is 18.8 Å². The number of hydrogen-bond donors (Lipinski definition) is 1. The summed E-state index contributed by atoms with van der Waals surface area (Å²) < 4.78 is 5.54. The van der Waals surface area contributed by atoms with E-state index in [0.29, 0.717) is 5.88 Å². The van der Waals surface area contributed by atoms with Crippen molar-refractivity contribution in [3.8, 4) is 5.88 Å². The minimum absolute atomic E-state index is 0.0301. The highest BCUT2D eigenvalue weighted by molar-refractivity contribution is 5.19. The van der Waals surface area contributed by atoms with Gasteiger partial charge >= 0.3 is 0 Å². The van der Waals surface area contributed by atoms with Gasteiger partial charge in [-0.3, -0.25) is 0 Å². The van der Waals surface area contributed by atoms with Gasteiger partial charge in [0.15, 0.2) is 0 Å². The molecule has 0 spiro atoms. The molecule has 0 aromatic carbocycles. The quantitative estimate of drug-likeness (QED) is 0.753. The number of nitrogens with zero attached hydrogens (tertiary/aromatic N) is 1. The van der Waals surface area contributed by atoms with Crippen LogP contribution < -0.4 is 10.5 Å². The van der Waals surface area contributed by atoms with Crippen molar-refractivity contribution in [3.63, 3.8) is 0 Å². The van der Waals surface area contributed by atoms with E-state index in [1.807, 2.05) is 19.1 Å². The first kappa shape index (κ1) is 13.0. The Balaban J connectivity index is 2.32. The van der Waals surface area contributed by atoms with Crippen LogP contribution in [0.1, 0.15) is 45.2 Å². The van der Waals surface area contributed by atoms with Gasteiger partial charge in [0.1, 0.15) is 0 Å². The molecule has 1 atom stereocenters. The molecular weight excluding hydrogens is 200 g/mol. The second-order valence-electron chi connectivity index (χ2n) is 4.60. The highest BCUT2D eigenvalue weighted by atomic mass is 16.5. The maximum Gasteiger partial charge on any atom is 0.213 e. The van der Waals surface area contributed by atoms with Gasteiger partial charge in [0, 0.05) is 18.3 Å². The zero-order valence-electron chi connectivity index (χ0n) is 10.4. The highest BCUT2D eigenvalue weighted by Crippen LogP contribution is 2.13. The van der Waals surface area contributed by atoms with Crippen molar-refractivity contribution in [3.05, 3.63) is 23.9 Å². The first-order valence-corrected chi connectivity index (χ1v) is 5.94. The first-order chi connectivity index (χ1) is 7.59. The Labute approximate surface area is 98.0 Å². The zero-order valence-corrected chi connectivity index (χ0v) is 10.4. The fourth-order valence-electron chi connectivity index (χ4n) is 1.41. The van der Waals surface area contributed by atoms with E-state index in [-0.39, 0.29) is 6.04 Å². The molecule has 3 heteroatoms. The smallest absolute Gasteiger partial charge is 0.213 e. The third-order valence-corrected chi connectivity index (χ3v) is 2.46. The molecule has 0 radical (unpaired) electrons. The second kappa shape index (κ2) is 6.48. The van der Waals surface area contributed by atoms with Crippen LogP contribution in [0, 0.1) is 5.92 Å². The summed E-state index contributed by atoms with van der Waals surface area (Å²) in [6, 6.07) is 3.88. The Kier molecular flexibility index (Phi) is 5.26. The number of pyridine rings is 1. The van der Waals surface area contributed by atoms with Gasteiger partial charge in [-0.05, 0) is 31.2 Å². The summed E-state index contributed by atoms with van der Waals surface area (Å²) in [6.45, 7) is 7.12. The van der Waals surface area contributed by atoms with E-state index in [4.69, 9.17) is 10.5 Å². The lowest BCUT2D eigenvalue weighted by Gasteiger charge is -2.08. The van der Waals surface area contributed by atoms with Gasteiger partial charge in [-0.2, -0.15) is 0 Å². The molecule has 0 aliphatic carbocycles. The van der Waals surface area contributed by atoms with Crippen molar-refractivity contribution >= 4 is 0 Å². The molecule has 1 aromatic rings. The normalized spacial score (nSPS) is 12.8. The fourth-order valence-corrected chi connectivity index (χ4v) is 1.41. The van der Waals surface area contributed by atoms with Crippen LogP contribution in [0.2, 0.25) is 0 Å². The van der Waals surface area contributed by atoms with Crippen molar-refractivity contribution in [2.45, 2.75) is 39.7 Å². The number of aromatic nitrogens is 1. The molecule has 2 N–H and O–H groups in total. The number of nitrogens with two attached hydrogens (primary N) is 1. The Morgan fingerprint density at radius 3 is 2.56 bits per heavy atom. The molecule has 0 saturated carbocycles. The van der Waals surface area contributed by atoms with Crippen molar-refractivity contribution in [2.75, 3.05) is 6.61 Å². The van der Waals surface area contributed by atoms with Gasteiger partial charge < -0.3 is 10.5 Å². The average Bonchev–Trinajstić information content (AvgIpc) is 2.25. The molecule has 0 aliphatic heterocycles. The molecule has 3 nitrogen and oxygen atoms in total. The van der Waals surface area contributed by atoms with E-state index in [0.717, 1.165) is 24.5 Å². The lowest BCUT2D eigenvalue weighted by Crippen LogP contribution is -2.06. The monoisotopic (exact) mass is 222 g/mol. The molecule has 1 heterocycles. The van der Waals surface area contributed by atoms with Gasteiger partial charge in [-0.25, -0.2) is 4.98 Å². The Hall–Kier alpha value is -1.09. The minimum atomic E-state index is 0.0301. The lowest BCUT2D eigenvalue weighted by atomic mass is 10.1. The largest absolute Gasteiger partial charge is 0.478 e. The second-order valence-corrected chi connectivity index (χ2v) is 4.60. The maximum atomic E-state index is 5.74. The molecule has 90 valence electrons. The summed E-state index contributed by atoms with van der Waals surface area (Å²) in [6.07, 6.45) is 4.05. The van der Waals surface area contributed by atoms with Gasteiger partial charge in [-0.1, -0.05) is 19.9 Å². The SMILES string of the molecule is CC(C)CCCOc1ccc(C(C)N)cn1. The Bertz CT molecular complexity index is 293. The highest BCUT2D eigenvalue weighted by Gasteiger charge is 2.01. The third-order valence-electron chi connectivity index (χ3n) is 2.46. The van der Waals surface area contributed by atoms with Crippen molar-refractivity contribution in [1.82, 2.24) is 4.98 Å². The van der Waals surface area contributed by atoms with E-state index >= 15 is 0 Å². The Morgan fingerprint density at radius 2 is 2.06 bits per heavy atom. The minimum Gasteiger partial charge on any atom is -0.478 e. The molecular formula is C13H22N2O. The van der Waals surface area contributed by atoms with Crippen LogP contribution >= 0.6 is 0 Å². The summed E-state index contributed by atoms with van der Waals surface area (Å²) in [7, 11) is 0. The third kappa shape index (κ3) is 4.62. The topological polar surface area (TPSA) is 48.1 Å². The predicted octanol–water partition coefficient (Wildman–Crippen LogP) is 2.92. The van der Waals surface area contributed by atoms with Gasteiger partial charge in [0.05, 0.1) is 6.61 Å². The van der Waals surface area contributed by atoms with Gasteiger partial charge in [0.2, 0.25) is 5.88 Å². The van der Waals surface area contributed by atoms with E-state index < -0.39 is 0 Å². The summed E-state index contributed by atoms with van der Waals surface area (Å²) in [5.74, 6) is 1.42. The van der Waals surface area contributed by atoms with E-state index in [9.17, 15) is 0 Å². The molecule has 0 saturated heterocycles. The molecule has 0 fully saturated rings. The molecule has 1 unspecified atom stereocenters. The van der Waals surface area contributed by atoms with Crippen LogP contribution in [0.4, 0.5) is 0 Å². The Morgan fingerprint density at radius 1 is 1.31 bits per heavy atom. The number of hydrogen-bond acceptors (Lipinski definition) is 3. The summed E-state index contributed by atoms with van der Waals surface area (Å²) >= 11 is 0. The molecule has 0 aliphatic rings. The van der Waals surface area contributed by atoms with Crippen LogP contribution in [-0.2, 0) is 0 Å².